The van der Waals surface area contributed by atoms with Crippen LogP contribution in [0.5, 0.6) is 5.75 Å². The van der Waals surface area contributed by atoms with E-state index in [1.165, 1.54) is 5.56 Å². The smallest absolute Gasteiger partial charge is 0.193 e. The molecule has 2 aromatic carbocycles. The van der Waals surface area contributed by atoms with Crippen molar-refractivity contribution in [2.24, 2.45) is 10.7 Å². The summed E-state index contributed by atoms with van der Waals surface area (Å²) in [5.74, 6) is 1.34. The van der Waals surface area contributed by atoms with Crippen LogP contribution >= 0.6 is 0 Å². The Morgan fingerprint density at radius 2 is 1.95 bits per heavy atom. The number of nitrogens with two attached hydrogens (primary N) is 1. The first-order valence-corrected chi connectivity index (χ1v) is 7.03. The molecule has 0 heterocycles. The van der Waals surface area contributed by atoms with Gasteiger partial charge in [0.1, 0.15) is 5.75 Å². The molecular weight excluding hydrogens is 262 g/mol. The molecule has 2 aromatic rings. The first kappa shape index (κ1) is 14.9. The molecule has 0 unspecified atom stereocenters. The topological polar surface area (TPSA) is 59.6 Å². The molecule has 2 rings (SSSR count). The van der Waals surface area contributed by atoms with Gasteiger partial charge in [0, 0.05) is 12.2 Å². The lowest BCUT2D eigenvalue weighted by molar-refractivity contribution is 0.414. The highest BCUT2D eigenvalue weighted by atomic mass is 16.5. The van der Waals surface area contributed by atoms with E-state index < -0.39 is 0 Å². The van der Waals surface area contributed by atoms with E-state index in [1.807, 2.05) is 42.5 Å². The Labute approximate surface area is 125 Å². The number of aliphatic imine (C=N–C) groups is 1. The molecule has 0 aliphatic heterocycles. The van der Waals surface area contributed by atoms with Gasteiger partial charge in [-0.25, -0.2) is 0 Å². The Morgan fingerprint density at radius 1 is 1.14 bits per heavy atom. The molecule has 0 spiro atoms. The van der Waals surface area contributed by atoms with Crippen LogP contribution in [0.3, 0.4) is 0 Å². The highest BCUT2D eigenvalue weighted by Gasteiger charge is 1.97. The minimum Gasteiger partial charge on any atom is -0.497 e. The van der Waals surface area contributed by atoms with E-state index in [4.69, 9.17) is 10.5 Å². The molecule has 0 saturated heterocycles. The summed E-state index contributed by atoms with van der Waals surface area (Å²) in [4.78, 5) is 4.33. The van der Waals surface area contributed by atoms with E-state index in [9.17, 15) is 0 Å². The summed E-state index contributed by atoms with van der Waals surface area (Å²) in [5, 5.41) is 3.07. The van der Waals surface area contributed by atoms with Crippen LogP contribution < -0.4 is 15.8 Å². The fourth-order valence-corrected chi connectivity index (χ4v) is 2.02. The maximum Gasteiger partial charge on any atom is 0.193 e. The third-order valence-electron chi connectivity index (χ3n) is 3.09. The van der Waals surface area contributed by atoms with Gasteiger partial charge in [0.25, 0.3) is 0 Å². The van der Waals surface area contributed by atoms with Crippen LogP contribution in [-0.4, -0.2) is 19.6 Å². The molecule has 4 nitrogen and oxygen atoms in total. The zero-order valence-corrected chi connectivity index (χ0v) is 12.3. The summed E-state index contributed by atoms with van der Waals surface area (Å²) < 4.78 is 5.21. The third-order valence-corrected chi connectivity index (χ3v) is 3.09. The van der Waals surface area contributed by atoms with E-state index in [0.29, 0.717) is 12.5 Å². The molecule has 0 aliphatic carbocycles. The van der Waals surface area contributed by atoms with Gasteiger partial charge in [-0.15, -0.1) is 0 Å². The van der Waals surface area contributed by atoms with Crippen LogP contribution in [0.4, 0.5) is 5.69 Å². The average Bonchev–Trinajstić information content (AvgIpc) is 2.53. The summed E-state index contributed by atoms with van der Waals surface area (Å²) in [6.45, 7) is 0.697. The molecule has 110 valence electrons. The van der Waals surface area contributed by atoms with Crippen molar-refractivity contribution in [3.05, 3.63) is 60.2 Å². The van der Waals surface area contributed by atoms with Gasteiger partial charge in [-0.2, -0.15) is 0 Å². The summed E-state index contributed by atoms with van der Waals surface area (Å²) in [7, 11) is 1.68. The average molecular weight is 283 g/mol. The summed E-state index contributed by atoms with van der Waals surface area (Å²) in [6.07, 6.45) is 1.91. The highest BCUT2D eigenvalue weighted by molar-refractivity contribution is 5.92. The number of anilines is 1. The Bertz CT molecular complexity index is 582. The van der Waals surface area contributed by atoms with Crippen molar-refractivity contribution in [3.8, 4) is 5.75 Å². The number of methoxy groups -OCH3 is 1. The molecular formula is C17H21N3O. The molecule has 0 fully saturated rings. The van der Waals surface area contributed by atoms with Crippen molar-refractivity contribution in [2.75, 3.05) is 19.0 Å². The van der Waals surface area contributed by atoms with Gasteiger partial charge in [0.05, 0.1) is 7.11 Å². The first-order valence-electron chi connectivity index (χ1n) is 7.03. The fourth-order valence-electron chi connectivity index (χ4n) is 2.02. The lowest BCUT2D eigenvalue weighted by Crippen LogP contribution is -2.22. The number of benzene rings is 2. The molecule has 21 heavy (non-hydrogen) atoms. The van der Waals surface area contributed by atoms with Gasteiger partial charge >= 0.3 is 0 Å². The van der Waals surface area contributed by atoms with E-state index in [0.717, 1.165) is 24.3 Å². The van der Waals surface area contributed by atoms with E-state index >= 15 is 0 Å². The van der Waals surface area contributed by atoms with E-state index in [1.54, 1.807) is 7.11 Å². The monoisotopic (exact) mass is 283 g/mol. The lowest BCUT2D eigenvalue weighted by atomic mass is 10.1. The number of aryl methyl sites for hydroxylation is 1. The van der Waals surface area contributed by atoms with Gasteiger partial charge in [-0.3, -0.25) is 4.99 Å². The molecule has 0 radical (unpaired) electrons. The molecule has 0 aromatic heterocycles. The Morgan fingerprint density at radius 3 is 2.71 bits per heavy atom. The second kappa shape index (κ2) is 7.94. The van der Waals surface area contributed by atoms with Gasteiger partial charge in [-0.05, 0) is 42.7 Å². The molecule has 0 saturated carbocycles. The molecule has 0 atom stereocenters. The molecule has 0 amide bonds. The third kappa shape index (κ3) is 5.18. The van der Waals surface area contributed by atoms with Gasteiger partial charge < -0.3 is 15.8 Å². The number of nitrogens with zero attached hydrogens (tertiary/aromatic N) is 1. The summed E-state index contributed by atoms with van der Waals surface area (Å²) >= 11 is 0. The van der Waals surface area contributed by atoms with Crippen LogP contribution in [-0.2, 0) is 6.42 Å². The molecule has 4 heteroatoms. The summed E-state index contributed by atoms with van der Waals surface area (Å²) in [5.41, 5.74) is 8.05. The van der Waals surface area contributed by atoms with Gasteiger partial charge in [0.15, 0.2) is 5.96 Å². The van der Waals surface area contributed by atoms with Crippen LogP contribution in [0.15, 0.2) is 59.6 Å². The second-order valence-corrected chi connectivity index (χ2v) is 4.71. The van der Waals surface area contributed by atoms with E-state index in [-0.39, 0.29) is 0 Å². The van der Waals surface area contributed by atoms with Gasteiger partial charge in [-0.1, -0.05) is 30.3 Å². The van der Waals surface area contributed by atoms with Crippen LogP contribution in [0.25, 0.3) is 0 Å². The van der Waals surface area contributed by atoms with Crippen molar-refractivity contribution in [1.82, 2.24) is 0 Å². The minimum absolute atomic E-state index is 0.451. The lowest BCUT2D eigenvalue weighted by Gasteiger charge is -2.06. The zero-order valence-electron chi connectivity index (χ0n) is 12.3. The maximum atomic E-state index is 5.85. The Kier molecular flexibility index (Phi) is 5.64. The van der Waals surface area contributed by atoms with Crippen molar-refractivity contribution >= 4 is 11.6 Å². The van der Waals surface area contributed by atoms with Crippen molar-refractivity contribution < 1.29 is 4.74 Å². The molecule has 0 bridgehead atoms. The van der Waals surface area contributed by atoms with Gasteiger partial charge in [0.2, 0.25) is 0 Å². The predicted molar refractivity (Wildman–Crippen MR) is 87.9 cm³/mol. The van der Waals surface area contributed by atoms with Crippen molar-refractivity contribution in [3.63, 3.8) is 0 Å². The minimum atomic E-state index is 0.451. The maximum absolute atomic E-state index is 5.85. The van der Waals surface area contributed by atoms with Crippen molar-refractivity contribution in [1.29, 1.82) is 0 Å². The second-order valence-electron chi connectivity index (χ2n) is 4.71. The SMILES string of the molecule is COc1cccc(CCCN=C(N)Nc2ccccc2)c1. The number of hydrogen-bond acceptors (Lipinski definition) is 2. The van der Waals surface area contributed by atoms with Crippen molar-refractivity contribution in [2.45, 2.75) is 12.8 Å². The number of hydrogen-bond donors (Lipinski definition) is 2. The number of para-hydroxylation sites is 1. The van der Waals surface area contributed by atoms with Crippen LogP contribution in [0, 0.1) is 0 Å². The highest BCUT2D eigenvalue weighted by Crippen LogP contribution is 2.13. The summed E-state index contributed by atoms with van der Waals surface area (Å²) in [6, 6.07) is 17.9. The largest absolute Gasteiger partial charge is 0.497 e. The normalized spacial score (nSPS) is 11.2. The number of nitrogens with one attached hydrogen (secondary N) is 1. The van der Waals surface area contributed by atoms with Crippen LogP contribution in [0.2, 0.25) is 0 Å². The molecule has 3 N–H and O–H groups in total. The standard InChI is InChI=1S/C17H21N3O/c1-21-16-11-5-7-14(13-16)8-6-12-19-17(18)20-15-9-3-2-4-10-15/h2-5,7,9-11,13H,6,8,12H2,1H3,(H3,18,19,20). The van der Waals surface area contributed by atoms with Crippen LogP contribution in [0.1, 0.15) is 12.0 Å². The number of rotatable bonds is 6. The fraction of sp³-hybridized carbons (Fsp3) is 0.235. The first-order chi connectivity index (χ1) is 10.3. The quantitative estimate of drug-likeness (QED) is 0.486. The van der Waals surface area contributed by atoms with E-state index in [2.05, 4.69) is 22.4 Å². The molecule has 0 aliphatic rings. The predicted octanol–water partition coefficient (Wildman–Crippen LogP) is 3.05. The number of guanidine groups is 1. The zero-order chi connectivity index (χ0) is 14.9. The Hall–Kier alpha value is -2.49. The number of ether oxygens (including phenoxy) is 1. The Balaban J connectivity index is 1.76.